The van der Waals surface area contributed by atoms with Gasteiger partial charge in [-0.25, -0.2) is 9.97 Å². The van der Waals surface area contributed by atoms with Crippen LogP contribution < -0.4 is 5.32 Å². The van der Waals surface area contributed by atoms with Crippen molar-refractivity contribution in [3.63, 3.8) is 0 Å². The van der Waals surface area contributed by atoms with Gasteiger partial charge in [-0.3, -0.25) is 14.9 Å². The van der Waals surface area contributed by atoms with Crippen molar-refractivity contribution in [2.24, 2.45) is 0 Å². The number of likely N-dealkylation sites (N-methyl/N-ethyl adjacent to an activating group) is 1. The lowest BCUT2D eigenvalue weighted by atomic mass is 10.0. The van der Waals surface area contributed by atoms with Crippen LogP contribution in [-0.2, 0) is 18.8 Å². The van der Waals surface area contributed by atoms with E-state index >= 15 is 0 Å². The molecule has 0 saturated heterocycles. The normalized spacial score (nSPS) is 13.0. The quantitative estimate of drug-likeness (QED) is 0.183. The molecule has 1 N–H and O–H groups in total. The molecule has 12 heteroatoms. The smallest absolute Gasteiger partial charge is 0.338 e. The van der Waals surface area contributed by atoms with E-state index in [4.69, 9.17) is 0 Å². The zero-order valence-corrected chi connectivity index (χ0v) is 23.1. The molecule has 1 unspecified atom stereocenters. The number of aromatic nitrogens is 4. The van der Waals surface area contributed by atoms with Gasteiger partial charge >= 0.3 is 12.4 Å². The molecule has 0 aliphatic carbocycles. The number of fused-ring (bicyclic) bond motifs is 1. The lowest BCUT2D eigenvalue weighted by molar-refractivity contribution is -0.138. The monoisotopic (exact) mass is 596 g/mol. The maximum atomic E-state index is 13.7. The molecule has 43 heavy (non-hydrogen) atoms. The van der Waals surface area contributed by atoms with Crippen LogP contribution in [0.25, 0.3) is 22.2 Å². The molecule has 0 bridgehead atoms. The third-order valence-corrected chi connectivity index (χ3v) is 7.14. The first-order valence-electron chi connectivity index (χ1n) is 13.3. The van der Waals surface area contributed by atoms with Crippen LogP contribution in [0.4, 0.5) is 37.8 Å². The maximum absolute atomic E-state index is 13.7. The Morgan fingerprint density at radius 1 is 0.837 bits per heavy atom. The molecular weight excluding hydrogens is 570 g/mol. The second-order valence-corrected chi connectivity index (χ2v) is 9.98. The second-order valence-electron chi connectivity index (χ2n) is 9.98. The van der Waals surface area contributed by atoms with Crippen LogP contribution in [-0.4, -0.2) is 38.4 Å². The Hall–Kier alpha value is -4.58. The number of hydrogen-bond acceptors (Lipinski definition) is 6. The summed E-state index contributed by atoms with van der Waals surface area (Å²) in [4.78, 5) is 19.0. The summed E-state index contributed by atoms with van der Waals surface area (Å²) in [6.07, 6.45) is -5.64. The van der Waals surface area contributed by atoms with Crippen molar-refractivity contribution in [1.29, 1.82) is 0 Å². The molecule has 0 aliphatic rings. The standard InChI is InChI=1S/C31H26F6N6/c1-19(20-7-4-3-5-8-20)43(2)16-13-27-40-25-17-21(28-24(31(35,36)37)9-6-14-39-28)10-11-22(25)29(42-27)41-26-18-38-15-12-23(26)30(32,33)34/h3-12,14-15,17-19H,13,16H2,1-2H3,(H,40,41,42). The van der Waals surface area contributed by atoms with E-state index in [0.29, 0.717) is 24.2 Å². The molecule has 222 valence electrons. The fourth-order valence-corrected chi connectivity index (χ4v) is 4.72. The van der Waals surface area contributed by atoms with Crippen molar-refractivity contribution < 1.29 is 26.3 Å². The van der Waals surface area contributed by atoms with Gasteiger partial charge < -0.3 is 5.32 Å². The molecule has 0 radical (unpaired) electrons. The number of anilines is 2. The Morgan fingerprint density at radius 2 is 1.58 bits per heavy atom. The third kappa shape index (κ3) is 6.75. The highest BCUT2D eigenvalue weighted by Crippen LogP contribution is 2.38. The van der Waals surface area contributed by atoms with Crippen LogP contribution in [0.3, 0.4) is 0 Å². The number of hydrogen-bond donors (Lipinski definition) is 1. The van der Waals surface area contributed by atoms with Crippen LogP contribution in [0.5, 0.6) is 0 Å². The van der Waals surface area contributed by atoms with Crippen molar-refractivity contribution in [3.05, 3.63) is 108 Å². The zero-order chi connectivity index (χ0) is 30.8. The number of nitrogens with one attached hydrogen (secondary N) is 1. The van der Waals surface area contributed by atoms with Gasteiger partial charge in [0.25, 0.3) is 0 Å². The summed E-state index contributed by atoms with van der Waals surface area (Å²) in [5.41, 5.74) is -0.943. The van der Waals surface area contributed by atoms with Crippen LogP contribution in [0.1, 0.15) is 35.5 Å². The minimum atomic E-state index is -4.66. The van der Waals surface area contributed by atoms with Crippen molar-refractivity contribution in [2.45, 2.75) is 31.7 Å². The largest absolute Gasteiger partial charge is 0.418 e. The van der Waals surface area contributed by atoms with E-state index < -0.39 is 23.5 Å². The average molecular weight is 597 g/mol. The van der Waals surface area contributed by atoms with Gasteiger partial charge in [-0.1, -0.05) is 36.4 Å². The summed E-state index contributed by atoms with van der Waals surface area (Å²) < 4.78 is 82.4. The van der Waals surface area contributed by atoms with E-state index in [1.165, 1.54) is 30.5 Å². The first kappa shape index (κ1) is 29.9. The molecular formula is C31H26F6N6. The highest BCUT2D eigenvalue weighted by atomic mass is 19.4. The van der Waals surface area contributed by atoms with Crippen molar-refractivity contribution >= 4 is 22.4 Å². The molecule has 5 aromatic rings. The highest BCUT2D eigenvalue weighted by Gasteiger charge is 2.35. The number of benzene rings is 2. The molecule has 0 saturated carbocycles. The summed E-state index contributed by atoms with van der Waals surface area (Å²) in [5, 5.41) is 3.07. The molecule has 0 amide bonds. The van der Waals surface area contributed by atoms with Crippen LogP contribution in [0.15, 0.2) is 85.3 Å². The van der Waals surface area contributed by atoms with Gasteiger partial charge in [0.1, 0.15) is 11.6 Å². The van der Waals surface area contributed by atoms with Crippen molar-refractivity contribution in [2.75, 3.05) is 18.9 Å². The van der Waals surface area contributed by atoms with Gasteiger partial charge in [0, 0.05) is 42.4 Å². The minimum Gasteiger partial charge on any atom is -0.338 e. The maximum Gasteiger partial charge on any atom is 0.418 e. The molecule has 6 nitrogen and oxygen atoms in total. The molecule has 3 aromatic heterocycles. The van der Waals surface area contributed by atoms with Crippen molar-refractivity contribution in [3.8, 4) is 11.3 Å². The number of pyridine rings is 2. The summed E-state index contributed by atoms with van der Waals surface area (Å²) >= 11 is 0. The van der Waals surface area contributed by atoms with E-state index in [9.17, 15) is 26.3 Å². The summed E-state index contributed by atoms with van der Waals surface area (Å²) in [5.74, 6) is 0.370. The fourth-order valence-electron chi connectivity index (χ4n) is 4.72. The minimum absolute atomic E-state index is 0.0561. The zero-order valence-electron chi connectivity index (χ0n) is 23.1. The molecule has 3 heterocycles. The first-order valence-corrected chi connectivity index (χ1v) is 13.3. The Balaban J connectivity index is 1.56. The lowest BCUT2D eigenvalue weighted by Gasteiger charge is -2.25. The molecule has 2 aromatic carbocycles. The number of rotatable bonds is 8. The second kappa shape index (κ2) is 12.0. The highest BCUT2D eigenvalue weighted by molar-refractivity contribution is 5.93. The van der Waals surface area contributed by atoms with Gasteiger partial charge in [-0.2, -0.15) is 26.3 Å². The van der Waals surface area contributed by atoms with Crippen LogP contribution in [0, 0.1) is 0 Å². The number of nitrogens with zero attached hydrogens (tertiary/aromatic N) is 5. The van der Waals surface area contributed by atoms with E-state index in [-0.39, 0.29) is 34.3 Å². The predicted octanol–water partition coefficient (Wildman–Crippen LogP) is 8.10. The van der Waals surface area contributed by atoms with Gasteiger partial charge in [-0.15, -0.1) is 0 Å². The average Bonchev–Trinajstić information content (AvgIpc) is 2.99. The summed E-state index contributed by atoms with van der Waals surface area (Å²) in [6, 6.07) is 17.2. The van der Waals surface area contributed by atoms with Crippen LogP contribution >= 0.6 is 0 Å². The molecule has 5 rings (SSSR count). The lowest BCUT2D eigenvalue weighted by Crippen LogP contribution is -2.25. The predicted molar refractivity (Wildman–Crippen MR) is 151 cm³/mol. The van der Waals surface area contributed by atoms with E-state index in [1.807, 2.05) is 44.3 Å². The van der Waals surface area contributed by atoms with Gasteiger partial charge in [-0.05, 0) is 49.9 Å². The van der Waals surface area contributed by atoms with Crippen LogP contribution in [0.2, 0.25) is 0 Å². The molecule has 0 fully saturated rings. The SMILES string of the molecule is CC(c1ccccc1)N(C)CCc1nc(Nc2cnccc2C(F)(F)F)c2ccc(-c3ncccc3C(F)(F)F)cc2n1. The molecule has 0 aliphatic heterocycles. The summed E-state index contributed by atoms with van der Waals surface area (Å²) in [6.45, 7) is 2.54. The molecule has 0 spiro atoms. The van der Waals surface area contributed by atoms with Crippen molar-refractivity contribution in [1.82, 2.24) is 24.8 Å². The Morgan fingerprint density at radius 3 is 2.30 bits per heavy atom. The number of halogens is 6. The Labute approximate surface area is 243 Å². The Kier molecular flexibility index (Phi) is 8.32. The number of alkyl halides is 6. The fraction of sp³-hybridized carbons (Fsp3) is 0.226. The third-order valence-electron chi connectivity index (χ3n) is 7.14. The van der Waals surface area contributed by atoms with Gasteiger partial charge in [0.15, 0.2) is 0 Å². The summed E-state index contributed by atoms with van der Waals surface area (Å²) in [7, 11) is 1.93. The van der Waals surface area contributed by atoms with Gasteiger partial charge in [0.05, 0.1) is 34.2 Å². The van der Waals surface area contributed by atoms with Gasteiger partial charge in [0.2, 0.25) is 0 Å². The molecule has 1 atom stereocenters. The van der Waals surface area contributed by atoms with E-state index in [2.05, 4.69) is 30.2 Å². The Bertz CT molecular complexity index is 1720. The first-order chi connectivity index (χ1) is 20.4. The topological polar surface area (TPSA) is 66.8 Å². The van der Waals surface area contributed by atoms with E-state index in [0.717, 1.165) is 30.1 Å². The van der Waals surface area contributed by atoms with E-state index in [1.54, 1.807) is 0 Å².